The zero-order valence-electron chi connectivity index (χ0n) is 10.8. The van der Waals surface area contributed by atoms with Crippen LogP contribution in [0, 0.1) is 5.82 Å². The van der Waals surface area contributed by atoms with Gasteiger partial charge in [-0.15, -0.1) is 0 Å². The Morgan fingerprint density at radius 2 is 1.95 bits per heavy atom. The summed E-state index contributed by atoms with van der Waals surface area (Å²) in [6.45, 7) is 4.78. The molecule has 0 fully saturated rings. The van der Waals surface area contributed by atoms with Crippen molar-refractivity contribution in [3.63, 3.8) is 0 Å². The third-order valence-corrected chi connectivity index (χ3v) is 3.00. The summed E-state index contributed by atoms with van der Waals surface area (Å²) in [7, 11) is 0. The van der Waals surface area contributed by atoms with Crippen LogP contribution in [0.15, 0.2) is 30.5 Å². The molecule has 3 nitrogen and oxygen atoms in total. The minimum Gasteiger partial charge on any atom is -0.363 e. The van der Waals surface area contributed by atoms with Crippen molar-refractivity contribution in [3.05, 3.63) is 52.7 Å². The normalized spacial score (nSPS) is 10.8. The number of halogens is 2. The van der Waals surface area contributed by atoms with Gasteiger partial charge >= 0.3 is 0 Å². The molecule has 2 aromatic rings. The van der Waals surface area contributed by atoms with Crippen molar-refractivity contribution in [3.8, 4) is 0 Å². The quantitative estimate of drug-likeness (QED) is 0.860. The zero-order chi connectivity index (χ0) is 13.8. The first kappa shape index (κ1) is 13.7. The number of nitrogens with zero attached hydrogens (tertiary/aromatic N) is 2. The van der Waals surface area contributed by atoms with Crippen LogP contribution >= 0.6 is 11.6 Å². The van der Waals surface area contributed by atoms with E-state index in [1.807, 2.05) is 12.1 Å². The lowest BCUT2D eigenvalue weighted by atomic mass is 10.0. The molecule has 0 amide bonds. The minimum absolute atomic E-state index is 0.0269. The first-order chi connectivity index (χ1) is 9.06. The number of aromatic nitrogens is 2. The summed E-state index contributed by atoms with van der Waals surface area (Å²) in [5.74, 6) is 0.108. The molecule has 100 valence electrons. The van der Waals surface area contributed by atoms with Gasteiger partial charge in [-0.05, 0) is 28.6 Å². The van der Waals surface area contributed by atoms with Crippen LogP contribution in [0.25, 0.3) is 0 Å². The maximum absolute atomic E-state index is 13.4. The molecule has 1 aromatic heterocycles. The lowest BCUT2D eigenvalue weighted by molar-refractivity contribution is 0.616. The van der Waals surface area contributed by atoms with E-state index in [1.54, 1.807) is 0 Å². The van der Waals surface area contributed by atoms with Crippen molar-refractivity contribution < 1.29 is 4.39 Å². The standard InChI is InChI=1S/C14H15ClFN3/c1-9(2)11-5-3-10(4-6-11)7-17-13-12(16)8-18-14(15)19-13/h3-6,8-9H,7H2,1-2H3,(H,17,18,19). The molecule has 19 heavy (non-hydrogen) atoms. The lowest BCUT2D eigenvalue weighted by Gasteiger charge is -2.09. The summed E-state index contributed by atoms with van der Waals surface area (Å²) in [5.41, 5.74) is 2.33. The average molecular weight is 280 g/mol. The Bertz CT molecular complexity index is 555. The monoisotopic (exact) mass is 279 g/mol. The maximum atomic E-state index is 13.4. The molecule has 0 saturated carbocycles. The third kappa shape index (κ3) is 3.64. The Morgan fingerprint density at radius 1 is 1.26 bits per heavy atom. The fourth-order valence-electron chi connectivity index (χ4n) is 1.68. The Hall–Kier alpha value is -1.68. The van der Waals surface area contributed by atoms with Crippen LogP contribution in [0.3, 0.4) is 0 Å². The third-order valence-electron chi connectivity index (χ3n) is 2.82. The summed E-state index contributed by atoms with van der Waals surface area (Å²) < 4.78 is 13.4. The van der Waals surface area contributed by atoms with E-state index in [4.69, 9.17) is 11.6 Å². The average Bonchev–Trinajstić information content (AvgIpc) is 2.40. The highest BCUT2D eigenvalue weighted by Gasteiger charge is 2.05. The van der Waals surface area contributed by atoms with Crippen molar-refractivity contribution in [2.75, 3.05) is 5.32 Å². The topological polar surface area (TPSA) is 37.8 Å². The molecule has 0 aliphatic rings. The summed E-state index contributed by atoms with van der Waals surface area (Å²) in [6, 6.07) is 8.18. The van der Waals surface area contributed by atoms with Crippen molar-refractivity contribution in [2.24, 2.45) is 0 Å². The number of hydrogen-bond acceptors (Lipinski definition) is 3. The second-order valence-corrected chi connectivity index (χ2v) is 4.92. The van der Waals surface area contributed by atoms with Gasteiger partial charge in [-0.1, -0.05) is 38.1 Å². The maximum Gasteiger partial charge on any atom is 0.224 e. The number of nitrogens with one attached hydrogen (secondary N) is 1. The van der Waals surface area contributed by atoms with Gasteiger partial charge in [0.1, 0.15) is 0 Å². The van der Waals surface area contributed by atoms with Gasteiger partial charge in [0.15, 0.2) is 11.6 Å². The largest absolute Gasteiger partial charge is 0.363 e. The van der Waals surface area contributed by atoms with Gasteiger partial charge in [-0.3, -0.25) is 0 Å². The first-order valence-electron chi connectivity index (χ1n) is 6.07. The Morgan fingerprint density at radius 3 is 2.58 bits per heavy atom. The van der Waals surface area contributed by atoms with Crippen LogP contribution in [-0.4, -0.2) is 9.97 Å². The summed E-state index contributed by atoms with van der Waals surface area (Å²) in [4.78, 5) is 7.37. The predicted molar refractivity (Wildman–Crippen MR) is 74.9 cm³/mol. The molecule has 1 heterocycles. The van der Waals surface area contributed by atoms with E-state index in [-0.39, 0.29) is 11.1 Å². The molecule has 0 radical (unpaired) electrons. The molecule has 0 aliphatic heterocycles. The van der Waals surface area contributed by atoms with E-state index in [0.717, 1.165) is 11.8 Å². The highest BCUT2D eigenvalue weighted by Crippen LogP contribution is 2.16. The molecule has 2 rings (SSSR count). The molecular formula is C14H15ClFN3. The number of hydrogen-bond donors (Lipinski definition) is 1. The lowest BCUT2D eigenvalue weighted by Crippen LogP contribution is -2.04. The van der Waals surface area contributed by atoms with Crippen molar-refractivity contribution in [1.29, 1.82) is 0 Å². The van der Waals surface area contributed by atoms with Crippen LogP contribution in [0.2, 0.25) is 5.28 Å². The van der Waals surface area contributed by atoms with E-state index >= 15 is 0 Å². The van der Waals surface area contributed by atoms with E-state index in [1.165, 1.54) is 5.56 Å². The van der Waals surface area contributed by atoms with Crippen LogP contribution < -0.4 is 5.32 Å². The molecule has 0 unspecified atom stereocenters. The zero-order valence-corrected chi connectivity index (χ0v) is 11.6. The van der Waals surface area contributed by atoms with Gasteiger partial charge in [0, 0.05) is 6.54 Å². The van der Waals surface area contributed by atoms with Gasteiger partial charge in [-0.25, -0.2) is 9.37 Å². The molecule has 0 spiro atoms. The summed E-state index contributed by atoms with van der Waals surface area (Å²) >= 11 is 5.63. The fourth-order valence-corrected chi connectivity index (χ4v) is 1.81. The molecule has 0 aliphatic carbocycles. The highest BCUT2D eigenvalue weighted by atomic mass is 35.5. The van der Waals surface area contributed by atoms with Crippen molar-refractivity contribution >= 4 is 17.4 Å². The predicted octanol–water partition coefficient (Wildman–Crippen LogP) is 4.00. The van der Waals surface area contributed by atoms with Crippen molar-refractivity contribution in [1.82, 2.24) is 9.97 Å². The minimum atomic E-state index is -0.511. The molecule has 1 aromatic carbocycles. The van der Waals surface area contributed by atoms with Gasteiger partial charge in [-0.2, -0.15) is 4.98 Å². The summed E-state index contributed by atoms with van der Waals surface area (Å²) in [5, 5.41) is 2.94. The highest BCUT2D eigenvalue weighted by molar-refractivity contribution is 6.28. The second kappa shape index (κ2) is 5.97. The molecule has 5 heteroatoms. The Kier molecular flexibility index (Phi) is 4.32. The van der Waals surface area contributed by atoms with Gasteiger partial charge in [0.2, 0.25) is 5.28 Å². The Labute approximate surface area is 116 Å². The van der Waals surface area contributed by atoms with E-state index in [0.29, 0.717) is 12.5 Å². The molecule has 0 atom stereocenters. The number of anilines is 1. The first-order valence-corrected chi connectivity index (χ1v) is 6.45. The van der Waals surface area contributed by atoms with Crippen molar-refractivity contribution in [2.45, 2.75) is 26.3 Å². The van der Waals surface area contributed by atoms with Crippen LogP contribution in [0.4, 0.5) is 10.2 Å². The van der Waals surface area contributed by atoms with Crippen LogP contribution in [0.1, 0.15) is 30.9 Å². The smallest absolute Gasteiger partial charge is 0.224 e. The molecule has 1 N–H and O–H groups in total. The van der Waals surface area contributed by atoms with Crippen LogP contribution in [-0.2, 0) is 6.54 Å². The molecular weight excluding hydrogens is 265 g/mol. The van der Waals surface area contributed by atoms with Crippen LogP contribution in [0.5, 0.6) is 0 Å². The van der Waals surface area contributed by atoms with Gasteiger partial charge in [0.05, 0.1) is 6.20 Å². The fraction of sp³-hybridized carbons (Fsp3) is 0.286. The van der Waals surface area contributed by atoms with E-state index in [2.05, 4.69) is 41.3 Å². The summed E-state index contributed by atoms with van der Waals surface area (Å²) in [6.07, 6.45) is 1.06. The molecule has 0 bridgehead atoms. The Balaban J connectivity index is 2.04. The van der Waals surface area contributed by atoms with E-state index < -0.39 is 5.82 Å². The number of rotatable bonds is 4. The van der Waals surface area contributed by atoms with E-state index in [9.17, 15) is 4.39 Å². The number of benzene rings is 1. The molecule has 0 saturated heterocycles. The second-order valence-electron chi connectivity index (χ2n) is 4.59. The van der Waals surface area contributed by atoms with Gasteiger partial charge < -0.3 is 5.32 Å². The van der Waals surface area contributed by atoms with Gasteiger partial charge in [0.25, 0.3) is 0 Å². The SMILES string of the molecule is CC(C)c1ccc(CNc2nc(Cl)ncc2F)cc1.